The van der Waals surface area contributed by atoms with Gasteiger partial charge in [0.15, 0.2) is 5.82 Å². The minimum absolute atomic E-state index is 0.145. The van der Waals surface area contributed by atoms with Crippen LogP contribution in [0.4, 0.5) is 0 Å². The van der Waals surface area contributed by atoms with Crippen molar-refractivity contribution in [2.45, 2.75) is 56.5 Å². The SMILES string of the molecule is OC1CCC(c2nc(C3Cc4ccccc4C3)no2)CC1. The molecule has 2 aromatic rings. The molecule has 110 valence electrons. The first-order valence-corrected chi connectivity index (χ1v) is 7.88. The molecule has 0 amide bonds. The summed E-state index contributed by atoms with van der Waals surface area (Å²) in [4.78, 5) is 4.66. The molecule has 0 atom stereocenters. The molecule has 1 heterocycles. The molecule has 1 saturated carbocycles. The van der Waals surface area contributed by atoms with Gasteiger partial charge in [-0.3, -0.25) is 0 Å². The maximum absolute atomic E-state index is 9.59. The minimum Gasteiger partial charge on any atom is -0.393 e. The van der Waals surface area contributed by atoms with Crippen LogP contribution in [-0.2, 0) is 12.8 Å². The van der Waals surface area contributed by atoms with Gasteiger partial charge in [-0.05, 0) is 49.7 Å². The van der Waals surface area contributed by atoms with Gasteiger partial charge in [-0.2, -0.15) is 4.98 Å². The molecule has 0 bridgehead atoms. The molecule has 0 radical (unpaired) electrons. The molecule has 0 aliphatic heterocycles. The van der Waals surface area contributed by atoms with E-state index in [1.807, 2.05) is 0 Å². The molecule has 0 spiro atoms. The molecule has 0 unspecified atom stereocenters. The van der Waals surface area contributed by atoms with Crippen molar-refractivity contribution in [3.63, 3.8) is 0 Å². The fourth-order valence-electron chi connectivity index (χ4n) is 3.64. The smallest absolute Gasteiger partial charge is 0.229 e. The van der Waals surface area contributed by atoms with Crippen molar-refractivity contribution < 1.29 is 9.63 Å². The Morgan fingerprint density at radius 1 is 0.952 bits per heavy atom. The van der Waals surface area contributed by atoms with Crippen molar-refractivity contribution in [2.24, 2.45) is 0 Å². The van der Waals surface area contributed by atoms with Gasteiger partial charge in [0.2, 0.25) is 5.89 Å². The highest BCUT2D eigenvalue weighted by Crippen LogP contribution is 2.35. The monoisotopic (exact) mass is 284 g/mol. The molecule has 4 nitrogen and oxygen atoms in total. The van der Waals surface area contributed by atoms with Crippen LogP contribution in [0.5, 0.6) is 0 Å². The third-order valence-corrected chi connectivity index (χ3v) is 4.92. The van der Waals surface area contributed by atoms with Gasteiger partial charge >= 0.3 is 0 Å². The second-order valence-corrected chi connectivity index (χ2v) is 6.37. The van der Waals surface area contributed by atoms with E-state index in [-0.39, 0.29) is 6.10 Å². The van der Waals surface area contributed by atoms with E-state index in [4.69, 9.17) is 4.52 Å². The van der Waals surface area contributed by atoms with Gasteiger partial charge in [0.05, 0.1) is 6.10 Å². The molecule has 4 heteroatoms. The summed E-state index contributed by atoms with van der Waals surface area (Å²) in [5, 5.41) is 13.8. The lowest BCUT2D eigenvalue weighted by Gasteiger charge is -2.22. The van der Waals surface area contributed by atoms with Crippen molar-refractivity contribution >= 4 is 0 Å². The molecule has 4 rings (SSSR count). The highest BCUT2D eigenvalue weighted by atomic mass is 16.5. The molecular weight excluding hydrogens is 264 g/mol. The zero-order chi connectivity index (χ0) is 14.2. The third-order valence-electron chi connectivity index (χ3n) is 4.92. The van der Waals surface area contributed by atoms with E-state index in [9.17, 15) is 5.11 Å². The first-order valence-electron chi connectivity index (χ1n) is 7.88. The number of nitrogens with zero attached hydrogens (tertiary/aromatic N) is 2. The van der Waals surface area contributed by atoms with Gasteiger partial charge in [-0.1, -0.05) is 29.4 Å². The van der Waals surface area contributed by atoms with Crippen LogP contribution in [0.3, 0.4) is 0 Å². The summed E-state index contributed by atoms with van der Waals surface area (Å²) in [5.74, 6) is 2.31. The van der Waals surface area contributed by atoms with E-state index in [0.29, 0.717) is 11.8 Å². The van der Waals surface area contributed by atoms with Crippen LogP contribution in [0.15, 0.2) is 28.8 Å². The first kappa shape index (κ1) is 13.0. The van der Waals surface area contributed by atoms with Crippen molar-refractivity contribution in [1.29, 1.82) is 0 Å². The maximum atomic E-state index is 9.59. The largest absolute Gasteiger partial charge is 0.393 e. The summed E-state index contributed by atoms with van der Waals surface area (Å²) in [6, 6.07) is 8.57. The van der Waals surface area contributed by atoms with Crippen LogP contribution >= 0.6 is 0 Å². The van der Waals surface area contributed by atoms with Crippen LogP contribution in [0, 0.1) is 0 Å². The molecule has 1 N–H and O–H groups in total. The van der Waals surface area contributed by atoms with E-state index < -0.39 is 0 Å². The fourth-order valence-corrected chi connectivity index (χ4v) is 3.64. The summed E-state index contributed by atoms with van der Waals surface area (Å²) in [7, 11) is 0. The van der Waals surface area contributed by atoms with Crippen LogP contribution in [0.1, 0.15) is 60.4 Å². The quantitative estimate of drug-likeness (QED) is 0.921. The van der Waals surface area contributed by atoms with E-state index >= 15 is 0 Å². The Morgan fingerprint density at radius 2 is 1.62 bits per heavy atom. The van der Waals surface area contributed by atoms with Gasteiger partial charge in [-0.15, -0.1) is 0 Å². The van der Waals surface area contributed by atoms with E-state index in [1.54, 1.807) is 0 Å². The number of benzene rings is 1. The summed E-state index contributed by atoms with van der Waals surface area (Å²) in [6.07, 6.45) is 5.47. The van der Waals surface area contributed by atoms with Crippen LogP contribution < -0.4 is 0 Å². The summed E-state index contributed by atoms with van der Waals surface area (Å²) in [5.41, 5.74) is 2.82. The molecule has 1 fully saturated rings. The second-order valence-electron chi connectivity index (χ2n) is 6.37. The predicted octanol–water partition coefficient (Wildman–Crippen LogP) is 2.97. The number of aromatic nitrogens is 2. The molecule has 2 aliphatic carbocycles. The first-order chi connectivity index (χ1) is 10.3. The van der Waals surface area contributed by atoms with Crippen molar-refractivity contribution in [1.82, 2.24) is 10.1 Å². The highest BCUT2D eigenvalue weighted by Gasteiger charge is 2.29. The van der Waals surface area contributed by atoms with E-state index in [2.05, 4.69) is 34.4 Å². The zero-order valence-corrected chi connectivity index (χ0v) is 12.0. The average molecular weight is 284 g/mol. The number of hydrogen-bond donors (Lipinski definition) is 1. The highest BCUT2D eigenvalue weighted by molar-refractivity contribution is 5.34. The van der Waals surface area contributed by atoms with Crippen molar-refractivity contribution in [3.05, 3.63) is 47.1 Å². The fraction of sp³-hybridized carbons (Fsp3) is 0.529. The second kappa shape index (κ2) is 5.26. The van der Waals surface area contributed by atoms with Gasteiger partial charge < -0.3 is 9.63 Å². The van der Waals surface area contributed by atoms with E-state index in [0.717, 1.165) is 50.2 Å². The minimum atomic E-state index is -0.145. The van der Waals surface area contributed by atoms with Gasteiger partial charge in [0.1, 0.15) is 0 Å². The van der Waals surface area contributed by atoms with Gasteiger partial charge in [-0.25, -0.2) is 0 Å². The van der Waals surface area contributed by atoms with Crippen molar-refractivity contribution in [3.8, 4) is 0 Å². The maximum Gasteiger partial charge on any atom is 0.229 e. The standard InChI is InChI=1S/C17H20N2O2/c20-15-7-5-11(6-8-15)17-18-16(19-21-17)14-9-12-3-1-2-4-13(12)10-14/h1-4,11,14-15,20H,5-10H2. The normalized spacial score (nSPS) is 26.0. The lowest BCUT2D eigenvalue weighted by atomic mass is 9.87. The Bertz CT molecular complexity index is 604. The Balaban J connectivity index is 1.49. The molecule has 1 aromatic carbocycles. The number of aliphatic hydroxyl groups is 1. The molecular formula is C17H20N2O2. The topological polar surface area (TPSA) is 59.2 Å². The Labute approximate surface area is 124 Å². The molecule has 1 aromatic heterocycles. The Kier molecular flexibility index (Phi) is 3.26. The van der Waals surface area contributed by atoms with Gasteiger partial charge in [0.25, 0.3) is 0 Å². The Hall–Kier alpha value is -1.68. The van der Waals surface area contributed by atoms with Crippen LogP contribution in [0.25, 0.3) is 0 Å². The number of aliphatic hydroxyl groups excluding tert-OH is 1. The number of rotatable bonds is 2. The van der Waals surface area contributed by atoms with Gasteiger partial charge in [0, 0.05) is 11.8 Å². The average Bonchev–Trinajstić information content (AvgIpc) is 3.14. The summed E-state index contributed by atoms with van der Waals surface area (Å²) >= 11 is 0. The molecule has 0 saturated heterocycles. The lowest BCUT2D eigenvalue weighted by molar-refractivity contribution is 0.116. The van der Waals surface area contributed by atoms with Crippen LogP contribution in [0.2, 0.25) is 0 Å². The van der Waals surface area contributed by atoms with E-state index in [1.165, 1.54) is 11.1 Å². The summed E-state index contributed by atoms with van der Waals surface area (Å²) in [6.45, 7) is 0. The zero-order valence-electron chi connectivity index (χ0n) is 12.0. The number of fused-ring (bicyclic) bond motifs is 1. The third kappa shape index (κ3) is 2.48. The summed E-state index contributed by atoms with van der Waals surface area (Å²) < 4.78 is 5.51. The Morgan fingerprint density at radius 3 is 2.29 bits per heavy atom. The predicted molar refractivity (Wildman–Crippen MR) is 78.1 cm³/mol. The number of hydrogen-bond acceptors (Lipinski definition) is 4. The molecule has 21 heavy (non-hydrogen) atoms. The lowest BCUT2D eigenvalue weighted by Crippen LogP contribution is -2.17. The van der Waals surface area contributed by atoms with Crippen molar-refractivity contribution in [2.75, 3.05) is 0 Å². The molecule has 2 aliphatic rings. The van der Waals surface area contributed by atoms with Crippen LogP contribution in [-0.4, -0.2) is 21.4 Å².